The third kappa shape index (κ3) is 2.72. The molecule has 1 unspecified atom stereocenters. The molecule has 5 heterocycles. The van der Waals surface area contributed by atoms with Crippen LogP contribution in [0.2, 0.25) is 0 Å². The van der Waals surface area contributed by atoms with E-state index in [9.17, 15) is 0 Å². The van der Waals surface area contributed by atoms with Gasteiger partial charge in [0, 0.05) is 30.5 Å². The number of nitrogens with zero attached hydrogens (tertiary/aromatic N) is 10. The average Bonchev–Trinajstić information content (AvgIpc) is 3.59. The van der Waals surface area contributed by atoms with Crippen LogP contribution in [0.25, 0.3) is 17.3 Å². The molecule has 0 saturated heterocycles. The first-order valence-corrected chi connectivity index (χ1v) is 9.98. The SMILES string of the molecule is CCC1c2nncn2-c2cnc(-n3ccnc3)nc2N1c1cccc(-n2cccn2)c1. The molecular weight excluding hydrogens is 392 g/mol. The monoisotopic (exact) mass is 410 g/mol. The van der Waals surface area contributed by atoms with Crippen LogP contribution in [0.3, 0.4) is 0 Å². The van der Waals surface area contributed by atoms with Crippen molar-refractivity contribution in [1.82, 2.24) is 44.1 Å². The van der Waals surface area contributed by atoms with Gasteiger partial charge in [-0.2, -0.15) is 10.1 Å². The molecule has 1 aromatic carbocycles. The summed E-state index contributed by atoms with van der Waals surface area (Å²) < 4.78 is 5.60. The maximum atomic E-state index is 4.92. The van der Waals surface area contributed by atoms with Crippen LogP contribution in [0.1, 0.15) is 25.2 Å². The zero-order valence-electron chi connectivity index (χ0n) is 16.7. The normalized spacial score (nSPS) is 15.0. The maximum Gasteiger partial charge on any atom is 0.237 e. The second-order valence-corrected chi connectivity index (χ2v) is 7.17. The van der Waals surface area contributed by atoms with Crippen molar-refractivity contribution in [2.45, 2.75) is 19.4 Å². The molecule has 0 bridgehead atoms. The maximum absolute atomic E-state index is 4.92. The van der Waals surface area contributed by atoms with Crippen LogP contribution in [0, 0.1) is 0 Å². The van der Waals surface area contributed by atoms with E-state index < -0.39 is 0 Å². The summed E-state index contributed by atoms with van der Waals surface area (Å²) in [5.74, 6) is 2.20. The molecule has 0 N–H and O–H groups in total. The predicted octanol–water partition coefficient (Wildman–Crippen LogP) is 3.03. The highest BCUT2D eigenvalue weighted by molar-refractivity contribution is 5.72. The number of hydrogen-bond donors (Lipinski definition) is 0. The largest absolute Gasteiger partial charge is 0.314 e. The minimum Gasteiger partial charge on any atom is -0.314 e. The molecule has 5 aromatic rings. The summed E-state index contributed by atoms with van der Waals surface area (Å²) in [5.41, 5.74) is 2.79. The summed E-state index contributed by atoms with van der Waals surface area (Å²) in [4.78, 5) is 15.8. The fourth-order valence-corrected chi connectivity index (χ4v) is 4.00. The quantitative estimate of drug-likeness (QED) is 0.449. The molecule has 1 aliphatic heterocycles. The van der Waals surface area contributed by atoms with Gasteiger partial charge in [0.05, 0.1) is 17.9 Å². The van der Waals surface area contributed by atoms with Gasteiger partial charge in [0.25, 0.3) is 0 Å². The summed E-state index contributed by atoms with van der Waals surface area (Å²) in [5, 5.41) is 12.9. The molecule has 31 heavy (non-hydrogen) atoms. The van der Waals surface area contributed by atoms with E-state index >= 15 is 0 Å². The Bertz CT molecular complexity index is 1340. The fourth-order valence-electron chi connectivity index (χ4n) is 4.00. The third-order valence-electron chi connectivity index (χ3n) is 5.41. The molecular formula is C21H18N10. The Labute approximate surface area is 177 Å². The Morgan fingerprint density at radius 3 is 2.77 bits per heavy atom. The zero-order chi connectivity index (χ0) is 20.8. The summed E-state index contributed by atoms with van der Waals surface area (Å²) in [7, 11) is 0. The highest BCUT2D eigenvalue weighted by Gasteiger charge is 2.35. The van der Waals surface area contributed by atoms with Crippen LogP contribution in [0.5, 0.6) is 0 Å². The molecule has 0 fully saturated rings. The van der Waals surface area contributed by atoms with Gasteiger partial charge >= 0.3 is 0 Å². The number of anilines is 2. The minimum atomic E-state index is -0.0339. The molecule has 0 radical (unpaired) electrons. The molecule has 0 spiro atoms. The zero-order valence-corrected chi connectivity index (χ0v) is 16.7. The van der Waals surface area contributed by atoms with Crippen LogP contribution in [-0.2, 0) is 0 Å². The molecule has 152 valence electrons. The van der Waals surface area contributed by atoms with Crippen molar-refractivity contribution in [3.05, 3.63) is 79.8 Å². The number of fused-ring (bicyclic) bond motifs is 3. The number of aromatic nitrogens is 9. The van der Waals surface area contributed by atoms with Gasteiger partial charge in [-0.25, -0.2) is 14.6 Å². The standard InChI is InChI=1S/C21H18N10/c1-2-17-20-27-24-14-29(20)18-12-23-21(28-10-8-22-13-28)26-19(18)31(17)16-6-3-5-15(11-16)30-9-4-7-25-30/h3-14,17H,2H2,1H3. The lowest BCUT2D eigenvalue weighted by Crippen LogP contribution is -2.32. The van der Waals surface area contributed by atoms with Crippen molar-refractivity contribution in [2.75, 3.05) is 4.90 Å². The molecule has 4 aromatic heterocycles. The van der Waals surface area contributed by atoms with Crippen molar-refractivity contribution in [3.8, 4) is 17.3 Å². The van der Waals surface area contributed by atoms with E-state index in [1.165, 1.54) is 0 Å². The molecule has 0 saturated carbocycles. The fraction of sp³-hybridized carbons (Fsp3) is 0.143. The van der Waals surface area contributed by atoms with E-state index in [4.69, 9.17) is 4.98 Å². The van der Waals surface area contributed by atoms with Gasteiger partial charge in [-0.1, -0.05) is 13.0 Å². The van der Waals surface area contributed by atoms with E-state index in [0.717, 1.165) is 35.1 Å². The highest BCUT2D eigenvalue weighted by atomic mass is 15.4. The van der Waals surface area contributed by atoms with Crippen LogP contribution in [0.15, 0.2) is 74.0 Å². The molecule has 1 aliphatic rings. The summed E-state index contributed by atoms with van der Waals surface area (Å²) in [6.07, 6.45) is 13.3. The minimum absolute atomic E-state index is 0.0339. The number of imidazole rings is 1. The lowest BCUT2D eigenvalue weighted by molar-refractivity contribution is 0.588. The molecule has 0 amide bonds. The van der Waals surface area contributed by atoms with E-state index in [-0.39, 0.29) is 6.04 Å². The van der Waals surface area contributed by atoms with Crippen molar-refractivity contribution in [1.29, 1.82) is 0 Å². The lowest BCUT2D eigenvalue weighted by atomic mass is 10.1. The molecule has 1 atom stereocenters. The number of hydrogen-bond acceptors (Lipinski definition) is 7. The van der Waals surface area contributed by atoms with Gasteiger partial charge in [-0.05, 0) is 30.7 Å². The highest BCUT2D eigenvalue weighted by Crippen LogP contribution is 2.43. The predicted molar refractivity (Wildman–Crippen MR) is 113 cm³/mol. The molecule has 10 nitrogen and oxygen atoms in total. The van der Waals surface area contributed by atoms with Crippen molar-refractivity contribution in [3.63, 3.8) is 0 Å². The van der Waals surface area contributed by atoms with Crippen molar-refractivity contribution in [2.24, 2.45) is 0 Å². The smallest absolute Gasteiger partial charge is 0.237 e. The van der Waals surface area contributed by atoms with E-state index in [1.54, 1.807) is 35.8 Å². The van der Waals surface area contributed by atoms with Crippen LogP contribution in [-0.4, -0.2) is 44.1 Å². The van der Waals surface area contributed by atoms with Crippen LogP contribution >= 0.6 is 0 Å². The second kappa shape index (κ2) is 6.87. The van der Waals surface area contributed by atoms with Crippen molar-refractivity contribution < 1.29 is 0 Å². The van der Waals surface area contributed by atoms with Gasteiger partial charge in [-0.3, -0.25) is 9.13 Å². The number of rotatable bonds is 4. The first-order chi connectivity index (χ1) is 15.3. The third-order valence-corrected chi connectivity index (χ3v) is 5.41. The first-order valence-electron chi connectivity index (χ1n) is 9.98. The Balaban J connectivity index is 1.56. The topological polar surface area (TPSA) is 95.4 Å². The van der Waals surface area contributed by atoms with Gasteiger partial charge in [-0.15, -0.1) is 10.2 Å². The molecule has 6 rings (SSSR count). The van der Waals surface area contributed by atoms with Gasteiger partial charge in [0.1, 0.15) is 18.3 Å². The Kier molecular flexibility index (Phi) is 3.88. The average molecular weight is 410 g/mol. The summed E-state index contributed by atoms with van der Waals surface area (Å²) >= 11 is 0. The lowest BCUT2D eigenvalue weighted by Gasteiger charge is -2.37. The first kappa shape index (κ1) is 17.5. The summed E-state index contributed by atoms with van der Waals surface area (Å²) in [6, 6.07) is 10.1. The number of benzene rings is 1. The van der Waals surface area contributed by atoms with Crippen LogP contribution < -0.4 is 4.90 Å². The van der Waals surface area contributed by atoms with Gasteiger partial charge in [0.15, 0.2) is 11.6 Å². The van der Waals surface area contributed by atoms with E-state index in [2.05, 4.69) is 49.2 Å². The Hall–Kier alpha value is -4.34. The van der Waals surface area contributed by atoms with E-state index in [1.807, 2.05) is 39.8 Å². The van der Waals surface area contributed by atoms with Crippen molar-refractivity contribution >= 4 is 11.5 Å². The van der Waals surface area contributed by atoms with E-state index in [0.29, 0.717) is 5.95 Å². The van der Waals surface area contributed by atoms with Gasteiger partial charge < -0.3 is 4.90 Å². The summed E-state index contributed by atoms with van der Waals surface area (Å²) in [6.45, 7) is 2.14. The molecule has 0 aliphatic carbocycles. The Morgan fingerprint density at radius 1 is 1.03 bits per heavy atom. The Morgan fingerprint density at radius 2 is 1.97 bits per heavy atom. The van der Waals surface area contributed by atoms with Crippen LogP contribution in [0.4, 0.5) is 11.5 Å². The molecule has 10 heteroatoms. The van der Waals surface area contributed by atoms with Gasteiger partial charge in [0.2, 0.25) is 5.95 Å². The second-order valence-electron chi connectivity index (χ2n) is 7.17.